The Morgan fingerprint density at radius 1 is 0.788 bits per heavy atom. The predicted molar refractivity (Wildman–Crippen MR) is 137 cm³/mol. The largest absolute Gasteiger partial charge is 0.508 e. The maximum Gasteiger partial charge on any atom is 0.117 e. The highest BCUT2D eigenvalue weighted by Crippen LogP contribution is 2.28. The van der Waals surface area contributed by atoms with Gasteiger partial charge in [-0.15, -0.1) is 0 Å². The normalized spacial score (nSPS) is 14.3. The molecule has 0 saturated heterocycles. The SMILES string of the molecule is Cc1ccc(N(CC2=NCCN2)c2cccc(O)c2)cc1.c1ccc(CC2=NCCN2)cc1. The Bertz CT molecular complexity index is 1090. The van der Waals surface area contributed by atoms with Crippen LogP contribution in [0.4, 0.5) is 11.4 Å². The third kappa shape index (κ3) is 6.59. The van der Waals surface area contributed by atoms with Crippen LogP contribution >= 0.6 is 0 Å². The van der Waals surface area contributed by atoms with E-state index in [2.05, 4.69) is 81.0 Å². The third-order valence-electron chi connectivity index (χ3n) is 5.50. The molecule has 0 radical (unpaired) electrons. The lowest BCUT2D eigenvalue weighted by molar-refractivity contribution is 0.475. The van der Waals surface area contributed by atoms with Gasteiger partial charge in [-0.3, -0.25) is 9.98 Å². The second-order valence-electron chi connectivity index (χ2n) is 8.11. The van der Waals surface area contributed by atoms with E-state index in [1.807, 2.05) is 18.2 Å². The number of anilines is 2. The molecule has 5 rings (SSSR count). The monoisotopic (exact) mass is 441 g/mol. The van der Waals surface area contributed by atoms with Gasteiger partial charge in [-0.1, -0.05) is 54.1 Å². The number of aliphatic imine (C=N–C) groups is 2. The molecule has 0 aromatic heterocycles. The van der Waals surface area contributed by atoms with Gasteiger partial charge in [-0.25, -0.2) is 0 Å². The predicted octanol–water partition coefficient (Wildman–Crippen LogP) is 4.07. The number of rotatable bonds is 6. The molecular weight excluding hydrogens is 410 g/mol. The van der Waals surface area contributed by atoms with E-state index in [1.54, 1.807) is 12.1 Å². The Morgan fingerprint density at radius 3 is 2.12 bits per heavy atom. The first-order chi connectivity index (χ1) is 16.2. The number of hydrogen-bond donors (Lipinski definition) is 3. The van der Waals surface area contributed by atoms with Crippen LogP contribution in [0.15, 0.2) is 88.8 Å². The number of nitrogens with one attached hydrogen (secondary N) is 2. The van der Waals surface area contributed by atoms with E-state index < -0.39 is 0 Å². The van der Waals surface area contributed by atoms with Crippen LogP contribution in [-0.4, -0.2) is 49.5 Å². The number of amidine groups is 2. The topological polar surface area (TPSA) is 72.2 Å². The number of aryl methyl sites for hydroxylation is 1. The summed E-state index contributed by atoms with van der Waals surface area (Å²) in [6.07, 6.45) is 0.945. The molecule has 0 atom stereocenters. The van der Waals surface area contributed by atoms with Gasteiger partial charge in [-0.05, 0) is 36.8 Å². The Balaban J connectivity index is 0.000000183. The van der Waals surface area contributed by atoms with Gasteiger partial charge in [0.1, 0.15) is 17.4 Å². The van der Waals surface area contributed by atoms with Crippen molar-refractivity contribution in [2.45, 2.75) is 13.3 Å². The number of aromatic hydroxyl groups is 1. The Morgan fingerprint density at radius 2 is 1.48 bits per heavy atom. The highest BCUT2D eigenvalue weighted by molar-refractivity contribution is 5.90. The van der Waals surface area contributed by atoms with Gasteiger partial charge in [0.2, 0.25) is 0 Å². The van der Waals surface area contributed by atoms with Gasteiger partial charge >= 0.3 is 0 Å². The molecule has 170 valence electrons. The zero-order valence-electron chi connectivity index (χ0n) is 19.0. The number of phenolic OH excluding ortho intramolecular Hbond substituents is 1. The minimum atomic E-state index is 0.269. The van der Waals surface area contributed by atoms with Crippen molar-refractivity contribution in [2.75, 3.05) is 37.6 Å². The van der Waals surface area contributed by atoms with Crippen molar-refractivity contribution in [3.8, 4) is 5.75 Å². The molecule has 6 heteroatoms. The van der Waals surface area contributed by atoms with Crippen LogP contribution in [0.5, 0.6) is 5.75 Å². The summed E-state index contributed by atoms with van der Waals surface area (Å²) >= 11 is 0. The van der Waals surface area contributed by atoms with E-state index in [-0.39, 0.29) is 5.75 Å². The molecule has 3 aromatic rings. The summed E-state index contributed by atoms with van der Waals surface area (Å²) in [4.78, 5) is 11.0. The smallest absolute Gasteiger partial charge is 0.117 e. The zero-order chi connectivity index (χ0) is 22.9. The van der Waals surface area contributed by atoms with Gasteiger partial charge in [0.15, 0.2) is 0 Å². The molecule has 2 aliphatic heterocycles. The average molecular weight is 442 g/mol. The first-order valence-electron chi connectivity index (χ1n) is 11.4. The Labute approximate surface area is 195 Å². The summed E-state index contributed by atoms with van der Waals surface area (Å²) in [5, 5.41) is 16.3. The van der Waals surface area contributed by atoms with Crippen molar-refractivity contribution in [2.24, 2.45) is 9.98 Å². The van der Waals surface area contributed by atoms with Crippen molar-refractivity contribution < 1.29 is 5.11 Å². The van der Waals surface area contributed by atoms with Gasteiger partial charge in [-0.2, -0.15) is 0 Å². The standard InChI is InChI=1S/C17H19N3O.C10H12N2/c1-13-5-7-14(8-6-13)20(12-17-18-9-10-19-17)15-3-2-4-16(21)11-15;1-2-4-9(5-3-1)8-10-11-6-7-12-10/h2-8,11,21H,9-10,12H2,1H3,(H,18,19);1-5H,6-8H2,(H,11,12). The molecule has 0 unspecified atom stereocenters. The number of nitrogens with zero attached hydrogens (tertiary/aromatic N) is 3. The second-order valence-corrected chi connectivity index (χ2v) is 8.11. The van der Waals surface area contributed by atoms with Crippen LogP contribution in [0.1, 0.15) is 11.1 Å². The van der Waals surface area contributed by atoms with Crippen molar-refractivity contribution >= 4 is 23.0 Å². The number of benzene rings is 3. The van der Waals surface area contributed by atoms with Crippen LogP contribution in [0.3, 0.4) is 0 Å². The molecule has 0 amide bonds. The molecule has 0 aliphatic carbocycles. The quantitative estimate of drug-likeness (QED) is 0.539. The fraction of sp³-hybridized carbons (Fsp3) is 0.259. The molecule has 33 heavy (non-hydrogen) atoms. The van der Waals surface area contributed by atoms with Crippen molar-refractivity contribution in [1.82, 2.24) is 10.6 Å². The van der Waals surface area contributed by atoms with Crippen LogP contribution in [0.2, 0.25) is 0 Å². The van der Waals surface area contributed by atoms with Gasteiger partial charge in [0, 0.05) is 37.0 Å². The minimum absolute atomic E-state index is 0.269. The van der Waals surface area contributed by atoms with E-state index in [1.165, 1.54) is 11.1 Å². The number of phenols is 1. The fourth-order valence-corrected chi connectivity index (χ4v) is 3.77. The van der Waals surface area contributed by atoms with Crippen LogP contribution in [-0.2, 0) is 6.42 Å². The minimum Gasteiger partial charge on any atom is -0.508 e. The fourth-order valence-electron chi connectivity index (χ4n) is 3.77. The van der Waals surface area contributed by atoms with E-state index in [0.29, 0.717) is 6.54 Å². The second kappa shape index (κ2) is 11.2. The summed E-state index contributed by atoms with van der Waals surface area (Å²) < 4.78 is 0. The van der Waals surface area contributed by atoms with Crippen LogP contribution < -0.4 is 15.5 Å². The summed E-state index contributed by atoms with van der Waals surface area (Å²) in [5.41, 5.74) is 4.59. The maximum atomic E-state index is 9.74. The molecular formula is C27H31N5O. The van der Waals surface area contributed by atoms with Crippen molar-refractivity contribution in [3.63, 3.8) is 0 Å². The lowest BCUT2D eigenvalue weighted by Gasteiger charge is -2.25. The molecule has 0 bridgehead atoms. The zero-order valence-corrected chi connectivity index (χ0v) is 19.0. The first kappa shape index (κ1) is 22.4. The van der Waals surface area contributed by atoms with Crippen molar-refractivity contribution in [3.05, 3.63) is 90.0 Å². The molecule has 0 fully saturated rings. The highest BCUT2D eigenvalue weighted by Gasteiger charge is 2.15. The Hall–Kier alpha value is -3.80. The summed E-state index contributed by atoms with van der Waals surface area (Å²) in [6, 6.07) is 26.1. The van der Waals surface area contributed by atoms with Crippen molar-refractivity contribution in [1.29, 1.82) is 0 Å². The Kier molecular flexibility index (Phi) is 7.59. The van der Waals surface area contributed by atoms with Crippen LogP contribution in [0.25, 0.3) is 0 Å². The molecule has 0 saturated carbocycles. The average Bonchev–Trinajstić information content (AvgIpc) is 3.54. The van der Waals surface area contributed by atoms with Gasteiger partial charge < -0.3 is 20.6 Å². The summed E-state index contributed by atoms with van der Waals surface area (Å²) in [7, 11) is 0. The van der Waals surface area contributed by atoms with E-state index in [9.17, 15) is 5.11 Å². The summed E-state index contributed by atoms with van der Waals surface area (Å²) in [5.74, 6) is 2.38. The summed E-state index contributed by atoms with van der Waals surface area (Å²) in [6.45, 7) is 6.41. The van der Waals surface area contributed by atoms with E-state index in [4.69, 9.17) is 0 Å². The van der Waals surface area contributed by atoms with E-state index >= 15 is 0 Å². The molecule has 6 nitrogen and oxygen atoms in total. The lowest BCUT2D eigenvalue weighted by Crippen LogP contribution is -2.32. The highest BCUT2D eigenvalue weighted by atomic mass is 16.3. The maximum absolute atomic E-state index is 9.74. The van der Waals surface area contributed by atoms with Crippen LogP contribution in [0, 0.1) is 6.92 Å². The third-order valence-corrected chi connectivity index (χ3v) is 5.50. The lowest BCUT2D eigenvalue weighted by atomic mass is 10.1. The first-order valence-corrected chi connectivity index (χ1v) is 11.4. The molecule has 3 aromatic carbocycles. The molecule has 0 spiro atoms. The molecule has 3 N–H and O–H groups in total. The van der Waals surface area contributed by atoms with Gasteiger partial charge in [0.25, 0.3) is 0 Å². The van der Waals surface area contributed by atoms with E-state index in [0.717, 1.165) is 55.6 Å². The molecule has 2 heterocycles. The molecule has 2 aliphatic rings. The number of hydrogen-bond acceptors (Lipinski definition) is 6. The van der Waals surface area contributed by atoms with Gasteiger partial charge in [0.05, 0.1) is 19.6 Å².